The summed E-state index contributed by atoms with van der Waals surface area (Å²) in [5.41, 5.74) is 3.69. The number of hydrogen-bond donors (Lipinski definition) is 0. The number of ether oxygens (including phenoxy) is 1. The van der Waals surface area contributed by atoms with E-state index in [1.165, 1.54) is 21.8 Å². The number of benzene rings is 1. The van der Waals surface area contributed by atoms with Crippen molar-refractivity contribution in [2.24, 2.45) is 0 Å². The maximum absolute atomic E-state index is 12.2. The van der Waals surface area contributed by atoms with Crippen LogP contribution in [0.5, 0.6) is 0 Å². The van der Waals surface area contributed by atoms with Crippen molar-refractivity contribution in [3.8, 4) is 11.1 Å². The largest absolute Gasteiger partial charge is 0.443 e. The Kier molecular flexibility index (Phi) is 4.47. The summed E-state index contributed by atoms with van der Waals surface area (Å²) in [4.78, 5) is 22.4. The first-order chi connectivity index (χ1) is 11.7. The minimum absolute atomic E-state index is 0.408. The standard InChI is InChI=1S/C19H21N3O2S/c1-12-8-9-20-11-14(12)13-6-7-15-16(10-13)25-17(21-15)22(5)18(23)24-19(2,3)4/h6-11H,1-5H3. The minimum Gasteiger partial charge on any atom is -0.443 e. The van der Waals surface area contributed by atoms with Gasteiger partial charge in [0.05, 0.1) is 10.2 Å². The molecule has 3 rings (SSSR count). The van der Waals surface area contributed by atoms with Crippen LogP contribution in [-0.4, -0.2) is 28.7 Å². The number of amides is 1. The van der Waals surface area contributed by atoms with Crippen molar-refractivity contribution in [1.82, 2.24) is 9.97 Å². The lowest BCUT2D eigenvalue weighted by Gasteiger charge is -2.23. The van der Waals surface area contributed by atoms with Crippen molar-refractivity contribution in [3.05, 3.63) is 42.2 Å². The number of anilines is 1. The monoisotopic (exact) mass is 355 g/mol. The van der Waals surface area contributed by atoms with E-state index in [9.17, 15) is 4.79 Å². The quantitative estimate of drug-likeness (QED) is 0.646. The van der Waals surface area contributed by atoms with Gasteiger partial charge in [-0.15, -0.1) is 0 Å². The number of aryl methyl sites for hydroxylation is 1. The molecule has 0 unspecified atom stereocenters. The van der Waals surface area contributed by atoms with Crippen molar-refractivity contribution in [1.29, 1.82) is 0 Å². The number of pyridine rings is 1. The lowest BCUT2D eigenvalue weighted by molar-refractivity contribution is 0.0589. The van der Waals surface area contributed by atoms with E-state index in [0.29, 0.717) is 5.13 Å². The van der Waals surface area contributed by atoms with Crippen LogP contribution in [0, 0.1) is 6.92 Å². The van der Waals surface area contributed by atoms with Crippen LogP contribution < -0.4 is 4.90 Å². The smallest absolute Gasteiger partial charge is 0.416 e. The fourth-order valence-corrected chi connectivity index (χ4v) is 3.35. The topological polar surface area (TPSA) is 55.3 Å². The zero-order chi connectivity index (χ0) is 18.2. The van der Waals surface area contributed by atoms with E-state index in [0.717, 1.165) is 21.3 Å². The molecule has 0 aliphatic rings. The van der Waals surface area contributed by atoms with Crippen molar-refractivity contribution in [2.45, 2.75) is 33.3 Å². The highest BCUT2D eigenvalue weighted by Crippen LogP contribution is 2.33. The Labute approximate surface area is 151 Å². The van der Waals surface area contributed by atoms with Gasteiger partial charge in [0.15, 0.2) is 5.13 Å². The molecule has 0 atom stereocenters. The number of nitrogens with zero attached hydrogens (tertiary/aromatic N) is 3. The Morgan fingerprint density at radius 2 is 2.00 bits per heavy atom. The molecular weight excluding hydrogens is 334 g/mol. The second kappa shape index (κ2) is 6.44. The van der Waals surface area contributed by atoms with Gasteiger partial charge in [-0.2, -0.15) is 0 Å². The summed E-state index contributed by atoms with van der Waals surface area (Å²) in [5, 5.41) is 0.615. The van der Waals surface area contributed by atoms with Gasteiger partial charge < -0.3 is 4.74 Å². The molecule has 2 heterocycles. The zero-order valence-electron chi connectivity index (χ0n) is 15.0. The van der Waals surface area contributed by atoms with Crippen LogP contribution in [0.2, 0.25) is 0 Å². The van der Waals surface area contributed by atoms with E-state index >= 15 is 0 Å². The first-order valence-corrected chi connectivity index (χ1v) is 8.84. The molecule has 0 saturated heterocycles. The fraction of sp³-hybridized carbons (Fsp3) is 0.316. The highest BCUT2D eigenvalue weighted by molar-refractivity contribution is 7.22. The van der Waals surface area contributed by atoms with E-state index in [1.54, 1.807) is 13.2 Å². The number of fused-ring (bicyclic) bond motifs is 1. The Morgan fingerprint density at radius 1 is 1.24 bits per heavy atom. The van der Waals surface area contributed by atoms with Gasteiger partial charge >= 0.3 is 6.09 Å². The number of rotatable bonds is 2. The van der Waals surface area contributed by atoms with Gasteiger partial charge in [-0.3, -0.25) is 9.88 Å². The van der Waals surface area contributed by atoms with Crippen molar-refractivity contribution >= 4 is 32.8 Å². The molecule has 1 aromatic carbocycles. The molecule has 0 bridgehead atoms. The van der Waals surface area contributed by atoms with Gasteiger partial charge in [0.2, 0.25) is 0 Å². The summed E-state index contributed by atoms with van der Waals surface area (Å²) >= 11 is 1.47. The Morgan fingerprint density at radius 3 is 2.68 bits per heavy atom. The SMILES string of the molecule is Cc1ccncc1-c1ccc2nc(N(C)C(=O)OC(C)(C)C)sc2c1. The molecule has 0 N–H and O–H groups in total. The predicted octanol–water partition coefficient (Wildman–Crippen LogP) is 5.04. The zero-order valence-corrected chi connectivity index (χ0v) is 15.8. The molecule has 0 saturated carbocycles. The van der Waals surface area contributed by atoms with Gasteiger partial charge in [0, 0.05) is 25.0 Å². The number of carbonyl (C=O) groups excluding carboxylic acids is 1. The first-order valence-electron chi connectivity index (χ1n) is 8.03. The summed E-state index contributed by atoms with van der Waals surface area (Å²) in [6, 6.07) is 8.08. The Bertz CT molecular complexity index is 928. The highest BCUT2D eigenvalue weighted by Gasteiger charge is 2.22. The average Bonchev–Trinajstić information content (AvgIpc) is 2.96. The van der Waals surface area contributed by atoms with Crippen molar-refractivity contribution < 1.29 is 9.53 Å². The maximum Gasteiger partial charge on any atom is 0.416 e. The number of carbonyl (C=O) groups is 1. The molecule has 130 valence electrons. The lowest BCUT2D eigenvalue weighted by Crippen LogP contribution is -2.34. The van der Waals surface area contributed by atoms with Crippen LogP contribution in [0.25, 0.3) is 21.3 Å². The molecule has 5 nitrogen and oxygen atoms in total. The molecule has 0 aliphatic carbocycles. The Balaban J connectivity index is 1.93. The van der Waals surface area contributed by atoms with Gasteiger partial charge in [0.1, 0.15) is 5.60 Å². The summed E-state index contributed by atoms with van der Waals surface area (Å²) in [7, 11) is 1.68. The summed E-state index contributed by atoms with van der Waals surface area (Å²) < 4.78 is 6.42. The average molecular weight is 355 g/mol. The highest BCUT2D eigenvalue weighted by atomic mass is 32.1. The van der Waals surface area contributed by atoms with E-state index in [2.05, 4.69) is 23.0 Å². The predicted molar refractivity (Wildman–Crippen MR) is 102 cm³/mol. The summed E-state index contributed by atoms with van der Waals surface area (Å²) in [6.07, 6.45) is 3.25. The van der Waals surface area contributed by atoms with Gasteiger partial charge in [-0.1, -0.05) is 17.4 Å². The molecule has 25 heavy (non-hydrogen) atoms. The molecular formula is C19H21N3O2S. The molecule has 0 spiro atoms. The van der Waals surface area contributed by atoms with Gasteiger partial charge in [-0.25, -0.2) is 9.78 Å². The second-order valence-corrected chi connectivity index (χ2v) is 7.92. The van der Waals surface area contributed by atoms with Crippen LogP contribution in [0.3, 0.4) is 0 Å². The second-order valence-electron chi connectivity index (χ2n) is 6.91. The number of thiazole rings is 1. The molecule has 0 aliphatic heterocycles. The molecule has 0 fully saturated rings. The molecule has 6 heteroatoms. The third-order valence-corrected chi connectivity index (χ3v) is 4.78. The summed E-state index contributed by atoms with van der Waals surface area (Å²) in [6.45, 7) is 7.61. The van der Waals surface area contributed by atoms with E-state index < -0.39 is 11.7 Å². The van der Waals surface area contributed by atoms with E-state index in [-0.39, 0.29) is 0 Å². The molecule has 3 aromatic rings. The number of hydrogen-bond acceptors (Lipinski definition) is 5. The van der Waals surface area contributed by atoms with Crippen LogP contribution in [-0.2, 0) is 4.74 Å². The van der Waals surface area contributed by atoms with Crippen molar-refractivity contribution in [2.75, 3.05) is 11.9 Å². The third kappa shape index (κ3) is 3.79. The van der Waals surface area contributed by atoms with Crippen LogP contribution in [0.15, 0.2) is 36.7 Å². The van der Waals surface area contributed by atoms with E-state index in [4.69, 9.17) is 4.74 Å². The normalized spacial score (nSPS) is 11.6. The molecule has 0 radical (unpaired) electrons. The molecule has 1 amide bonds. The van der Waals surface area contributed by atoms with Gasteiger partial charge in [-0.05, 0) is 57.0 Å². The van der Waals surface area contributed by atoms with Gasteiger partial charge in [0.25, 0.3) is 0 Å². The summed E-state index contributed by atoms with van der Waals surface area (Å²) in [5.74, 6) is 0. The minimum atomic E-state index is -0.535. The lowest BCUT2D eigenvalue weighted by atomic mass is 10.0. The van der Waals surface area contributed by atoms with Crippen LogP contribution in [0.1, 0.15) is 26.3 Å². The van der Waals surface area contributed by atoms with Crippen LogP contribution >= 0.6 is 11.3 Å². The maximum atomic E-state index is 12.2. The number of aromatic nitrogens is 2. The molecule has 2 aromatic heterocycles. The third-order valence-electron chi connectivity index (χ3n) is 3.68. The Hall–Kier alpha value is -2.47. The van der Waals surface area contributed by atoms with Crippen LogP contribution in [0.4, 0.5) is 9.93 Å². The fourth-order valence-electron chi connectivity index (χ4n) is 2.40. The first kappa shape index (κ1) is 17.4. The van der Waals surface area contributed by atoms with E-state index in [1.807, 2.05) is 45.2 Å². The van der Waals surface area contributed by atoms with Crippen molar-refractivity contribution in [3.63, 3.8) is 0 Å².